The first-order valence-corrected chi connectivity index (χ1v) is 7.28. The zero-order valence-electron chi connectivity index (χ0n) is 10.4. The van der Waals surface area contributed by atoms with Gasteiger partial charge in [0.1, 0.15) is 6.33 Å². The Morgan fingerprint density at radius 2 is 2.37 bits per heavy atom. The molecule has 100 valence electrons. The minimum absolute atomic E-state index is 0.210. The molecule has 1 fully saturated rings. The molecule has 3 N–H and O–H groups in total. The summed E-state index contributed by atoms with van der Waals surface area (Å²) in [5.41, 5.74) is 5.71. The van der Waals surface area contributed by atoms with Crippen LogP contribution in [-0.4, -0.2) is 42.6 Å². The van der Waals surface area contributed by atoms with Crippen LogP contribution in [0.1, 0.15) is 6.42 Å². The topological polar surface area (TPSA) is 94.5 Å². The third-order valence-corrected chi connectivity index (χ3v) is 4.18. The van der Waals surface area contributed by atoms with Gasteiger partial charge in [-0.1, -0.05) is 0 Å². The molecule has 1 unspecified atom stereocenters. The summed E-state index contributed by atoms with van der Waals surface area (Å²) in [5.74, 6) is 4.33. The van der Waals surface area contributed by atoms with E-state index in [1.807, 2.05) is 11.8 Å². The molecule has 0 amide bonds. The van der Waals surface area contributed by atoms with Crippen molar-refractivity contribution in [2.45, 2.75) is 6.42 Å². The van der Waals surface area contributed by atoms with E-state index in [0.717, 1.165) is 6.54 Å². The molecule has 1 aliphatic heterocycles. The molecule has 0 spiro atoms. The van der Waals surface area contributed by atoms with Crippen molar-refractivity contribution in [1.29, 1.82) is 0 Å². The van der Waals surface area contributed by atoms with Gasteiger partial charge in [-0.25, -0.2) is 4.98 Å². The maximum atomic E-state index is 5.71. The maximum Gasteiger partial charge on any atom is 0.241 e. The van der Waals surface area contributed by atoms with Crippen molar-refractivity contribution in [2.75, 3.05) is 29.1 Å². The summed E-state index contributed by atoms with van der Waals surface area (Å²) in [5, 5.41) is 3.24. The molecule has 0 aromatic carbocycles. The molecule has 3 heterocycles. The second kappa shape index (κ2) is 5.43. The monoisotopic (exact) mass is 277 g/mol. The lowest BCUT2D eigenvalue weighted by Gasteiger charge is -2.10. The maximum absolute atomic E-state index is 5.71. The van der Waals surface area contributed by atoms with Crippen LogP contribution < -0.4 is 11.1 Å². The molecule has 1 aliphatic rings. The van der Waals surface area contributed by atoms with Gasteiger partial charge in [0.15, 0.2) is 0 Å². The molecule has 8 heteroatoms. The molecule has 0 radical (unpaired) electrons. The molecular formula is C11H15N7S. The highest BCUT2D eigenvalue weighted by atomic mass is 32.2. The number of hydrogen-bond donors (Lipinski definition) is 2. The van der Waals surface area contributed by atoms with E-state index < -0.39 is 0 Å². The molecule has 2 aromatic rings. The predicted molar refractivity (Wildman–Crippen MR) is 75.3 cm³/mol. The fourth-order valence-electron chi connectivity index (χ4n) is 1.93. The first-order valence-electron chi connectivity index (χ1n) is 6.13. The van der Waals surface area contributed by atoms with Gasteiger partial charge in [0.05, 0.1) is 0 Å². The van der Waals surface area contributed by atoms with Crippen molar-refractivity contribution >= 4 is 23.7 Å². The minimum Gasteiger partial charge on any atom is -0.368 e. The molecule has 1 atom stereocenters. The van der Waals surface area contributed by atoms with Gasteiger partial charge in [-0.05, 0) is 23.8 Å². The SMILES string of the molecule is Nc1nc(NCC2CCSC2)nc(-n2ccnc2)n1. The lowest BCUT2D eigenvalue weighted by molar-refractivity contribution is 0.628. The number of thioether (sulfide) groups is 1. The van der Waals surface area contributed by atoms with Gasteiger partial charge in [-0.3, -0.25) is 4.57 Å². The number of nitrogens with one attached hydrogen (secondary N) is 1. The first kappa shape index (κ1) is 12.2. The molecule has 19 heavy (non-hydrogen) atoms. The Morgan fingerprint density at radius 1 is 1.42 bits per heavy atom. The smallest absolute Gasteiger partial charge is 0.241 e. The van der Waals surface area contributed by atoms with Gasteiger partial charge in [-0.2, -0.15) is 26.7 Å². The Bertz CT molecular complexity index is 536. The second-order valence-corrected chi connectivity index (χ2v) is 5.55. The molecule has 0 bridgehead atoms. The van der Waals surface area contributed by atoms with Crippen LogP contribution in [0.15, 0.2) is 18.7 Å². The number of nitrogen functional groups attached to an aromatic ring is 1. The minimum atomic E-state index is 0.210. The molecule has 3 rings (SSSR count). The average Bonchev–Trinajstić information content (AvgIpc) is 3.09. The Kier molecular flexibility index (Phi) is 3.49. The standard InChI is InChI=1S/C11H15N7S/c12-9-15-10(14-5-8-1-4-19-6-8)17-11(16-9)18-3-2-13-7-18/h2-3,7-8H,1,4-6H2,(H3,12,14,15,16,17). The molecule has 2 aromatic heterocycles. The van der Waals surface area contributed by atoms with E-state index in [0.29, 0.717) is 17.8 Å². The van der Waals surface area contributed by atoms with Crippen LogP contribution in [0.3, 0.4) is 0 Å². The van der Waals surface area contributed by atoms with E-state index in [1.165, 1.54) is 17.9 Å². The van der Waals surface area contributed by atoms with Crippen molar-refractivity contribution in [3.63, 3.8) is 0 Å². The zero-order valence-corrected chi connectivity index (χ0v) is 11.2. The quantitative estimate of drug-likeness (QED) is 0.853. The van der Waals surface area contributed by atoms with Crippen LogP contribution in [0, 0.1) is 5.92 Å². The van der Waals surface area contributed by atoms with E-state index >= 15 is 0 Å². The zero-order chi connectivity index (χ0) is 13.1. The summed E-state index contributed by atoms with van der Waals surface area (Å²) in [4.78, 5) is 16.5. The van der Waals surface area contributed by atoms with E-state index in [4.69, 9.17) is 5.73 Å². The van der Waals surface area contributed by atoms with E-state index in [9.17, 15) is 0 Å². The Hall–Kier alpha value is -1.83. The Morgan fingerprint density at radius 3 is 3.11 bits per heavy atom. The molecular weight excluding hydrogens is 262 g/mol. The van der Waals surface area contributed by atoms with Crippen molar-refractivity contribution in [3.05, 3.63) is 18.7 Å². The second-order valence-electron chi connectivity index (χ2n) is 4.40. The van der Waals surface area contributed by atoms with E-state index in [-0.39, 0.29) is 5.95 Å². The van der Waals surface area contributed by atoms with Gasteiger partial charge >= 0.3 is 0 Å². The van der Waals surface area contributed by atoms with Crippen LogP contribution in [0.25, 0.3) is 5.95 Å². The van der Waals surface area contributed by atoms with Crippen LogP contribution in [-0.2, 0) is 0 Å². The molecule has 0 aliphatic carbocycles. The van der Waals surface area contributed by atoms with Gasteiger partial charge < -0.3 is 11.1 Å². The summed E-state index contributed by atoms with van der Waals surface area (Å²) >= 11 is 1.99. The summed E-state index contributed by atoms with van der Waals surface area (Å²) in [6.07, 6.45) is 6.31. The number of hydrogen-bond acceptors (Lipinski definition) is 7. The summed E-state index contributed by atoms with van der Waals surface area (Å²) in [6, 6.07) is 0. The molecule has 1 saturated heterocycles. The van der Waals surface area contributed by atoms with Gasteiger partial charge in [0.2, 0.25) is 17.8 Å². The third-order valence-electron chi connectivity index (χ3n) is 2.95. The number of nitrogens with zero attached hydrogens (tertiary/aromatic N) is 5. The van der Waals surface area contributed by atoms with Crippen LogP contribution in [0.2, 0.25) is 0 Å². The van der Waals surface area contributed by atoms with E-state index in [2.05, 4.69) is 25.3 Å². The number of imidazole rings is 1. The van der Waals surface area contributed by atoms with E-state index in [1.54, 1.807) is 23.3 Å². The van der Waals surface area contributed by atoms with Crippen LogP contribution in [0.5, 0.6) is 0 Å². The van der Waals surface area contributed by atoms with Crippen molar-refractivity contribution in [3.8, 4) is 5.95 Å². The van der Waals surface area contributed by atoms with Crippen molar-refractivity contribution < 1.29 is 0 Å². The summed E-state index contributed by atoms with van der Waals surface area (Å²) in [7, 11) is 0. The third kappa shape index (κ3) is 2.95. The van der Waals surface area contributed by atoms with Gasteiger partial charge in [0, 0.05) is 18.9 Å². The van der Waals surface area contributed by atoms with Crippen molar-refractivity contribution in [2.24, 2.45) is 5.92 Å². The highest BCUT2D eigenvalue weighted by molar-refractivity contribution is 7.99. The number of anilines is 2. The number of rotatable bonds is 4. The van der Waals surface area contributed by atoms with Gasteiger partial charge in [0.25, 0.3) is 0 Å². The average molecular weight is 277 g/mol. The predicted octanol–water partition coefficient (Wildman–Crippen LogP) is 0.804. The lowest BCUT2D eigenvalue weighted by atomic mass is 10.1. The van der Waals surface area contributed by atoms with Crippen LogP contribution in [0.4, 0.5) is 11.9 Å². The fourth-order valence-corrected chi connectivity index (χ4v) is 3.22. The lowest BCUT2D eigenvalue weighted by Crippen LogP contribution is -2.17. The summed E-state index contributed by atoms with van der Waals surface area (Å²) < 4.78 is 1.70. The first-order chi connectivity index (χ1) is 9.31. The highest BCUT2D eigenvalue weighted by Gasteiger charge is 2.15. The van der Waals surface area contributed by atoms with Crippen molar-refractivity contribution in [1.82, 2.24) is 24.5 Å². The Balaban J connectivity index is 1.74. The number of nitrogens with two attached hydrogens (primary N) is 1. The normalized spacial score (nSPS) is 18.6. The van der Waals surface area contributed by atoms with Crippen LogP contribution >= 0.6 is 11.8 Å². The van der Waals surface area contributed by atoms with Gasteiger partial charge in [-0.15, -0.1) is 0 Å². The summed E-state index contributed by atoms with van der Waals surface area (Å²) in [6.45, 7) is 0.875. The highest BCUT2D eigenvalue weighted by Crippen LogP contribution is 2.23. The Labute approximate surface area is 115 Å². The fraction of sp³-hybridized carbons (Fsp3) is 0.455. The number of aromatic nitrogens is 5. The largest absolute Gasteiger partial charge is 0.368 e. The molecule has 0 saturated carbocycles. The molecule has 7 nitrogen and oxygen atoms in total.